The Morgan fingerprint density at radius 3 is 2.77 bits per heavy atom. The highest BCUT2D eigenvalue weighted by molar-refractivity contribution is 5.70. The summed E-state index contributed by atoms with van der Waals surface area (Å²) in [5.41, 5.74) is 5.52. The SMILES string of the molecule is Nc1nc(N2CCCC2)nc(NC[C@H]2CCCO2)c1[N+](=O)[O-]. The summed E-state index contributed by atoms with van der Waals surface area (Å²) in [7, 11) is 0. The van der Waals surface area contributed by atoms with Crippen molar-refractivity contribution in [3.05, 3.63) is 10.1 Å². The summed E-state index contributed by atoms with van der Waals surface area (Å²) in [6.07, 6.45) is 4.16. The third-order valence-corrected chi connectivity index (χ3v) is 3.99. The Morgan fingerprint density at radius 1 is 1.36 bits per heavy atom. The number of ether oxygens (including phenoxy) is 1. The Hall–Kier alpha value is -2.16. The highest BCUT2D eigenvalue weighted by atomic mass is 16.6. The van der Waals surface area contributed by atoms with E-state index in [1.807, 2.05) is 4.90 Å². The van der Waals surface area contributed by atoms with E-state index in [1.165, 1.54) is 0 Å². The molecule has 1 aromatic heterocycles. The molecule has 0 spiro atoms. The van der Waals surface area contributed by atoms with Crippen molar-refractivity contribution >= 4 is 23.3 Å². The molecule has 0 aromatic carbocycles. The van der Waals surface area contributed by atoms with Gasteiger partial charge in [0.25, 0.3) is 0 Å². The van der Waals surface area contributed by atoms with Gasteiger partial charge in [-0.3, -0.25) is 10.1 Å². The van der Waals surface area contributed by atoms with Crippen LogP contribution in [0.15, 0.2) is 0 Å². The molecule has 9 heteroatoms. The fourth-order valence-electron chi connectivity index (χ4n) is 2.84. The first-order valence-electron chi connectivity index (χ1n) is 7.57. The van der Waals surface area contributed by atoms with E-state index in [0.29, 0.717) is 12.5 Å². The number of aromatic nitrogens is 2. The number of rotatable bonds is 5. The van der Waals surface area contributed by atoms with Crippen LogP contribution in [0.3, 0.4) is 0 Å². The van der Waals surface area contributed by atoms with E-state index < -0.39 is 4.92 Å². The number of hydrogen-bond acceptors (Lipinski definition) is 8. The van der Waals surface area contributed by atoms with Crippen LogP contribution >= 0.6 is 0 Å². The van der Waals surface area contributed by atoms with Crippen LogP contribution in [0.5, 0.6) is 0 Å². The molecule has 0 bridgehead atoms. The van der Waals surface area contributed by atoms with Gasteiger partial charge in [-0.2, -0.15) is 9.97 Å². The quantitative estimate of drug-likeness (QED) is 0.614. The molecule has 2 saturated heterocycles. The fraction of sp³-hybridized carbons (Fsp3) is 0.692. The van der Waals surface area contributed by atoms with E-state index in [-0.39, 0.29) is 23.4 Å². The third kappa shape index (κ3) is 3.03. The lowest BCUT2D eigenvalue weighted by molar-refractivity contribution is -0.383. The van der Waals surface area contributed by atoms with Crippen LogP contribution in [0, 0.1) is 10.1 Å². The molecule has 3 rings (SSSR count). The Morgan fingerprint density at radius 2 is 2.14 bits per heavy atom. The number of nitrogen functional groups attached to an aromatic ring is 1. The maximum Gasteiger partial charge on any atom is 0.353 e. The molecule has 1 aromatic rings. The number of nitro groups is 1. The van der Waals surface area contributed by atoms with E-state index in [2.05, 4.69) is 15.3 Å². The summed E-state index contributed by atoms with van der Waals surface area (Å²) in [5, 5.41) is 14.2. The van der Waals surface area contributed by atoms with E-state index >= 15 is 0 Å². The lowest BCUT2D eigenvalue weighted by Gasteiger charge is -2.17. The topological polar surface area (TPSA) is 119 Å². The van der Waals surface area contributed by atoms with Gasteiger partial charge in [0.05, 0.1) is 11.0 Å². The molecule has 2 aliphatic rings. The first-order valence-corrected chi connectivity index (χ1v) is 7.57. The van der Waals surface area contributed by atoms with Crippen molar-refractivity contribution in [2.75, 3.05) is 42.2 Å². The van der Waals surface area contributed by atoms with Gasteiger partial charge in [0, 0.05) is 26.2 Å². The van der Waals surface area contributed by atoms with Gasteiger partial charge in [-0.05, 0) is 25.7 Å². The summed E-state index contributed by atoms with van der Waals surface area (Å²) >= 11 is 0. The van der Waals surface area contributed by atoms with Crippen LogP contribution in [-0.2, 0) is 4.74 Å². The summed E-state index contributed by atoms with van der Waals surface area (Å²) < 4.78 is 5.52. The van der Waals surface area contributed by atoms with Crippen LogP contribution < -0.4 is 16.0 Å². The lowest BCUT2D eigenvalue weighted by Crippen LogP contribution is -2.24. The van der Waals surface area contributed by atoms with Gasteiger partial charge in [-0.25, -0.2) is 0 Å². The Bertz CT molecular complexity index is 555. The van der Waals surface area contributed by atoms with Crippen molar-refractivity contribution < 1.29 is 9.66 Å². The summed E-state index contributed by atoms with van der Waals surface area (Å²) in [4.78, 5) is 21.1. The molecule has 0 unspecified atom stereocenters. The average Bonchev–Trinajstić information content (AvgIpc) is 3.17. The van der Waals surface area contributed by atoms with Crippen molar-refractivity contribution in [1.82, 2.24) is 9.97 Å². The van der Waals surface area contributed by atoms with E-state index in [0.717, 1.165) is 45.4 Å². The van der Waals surface area contributed by atoms with Gasteiger partial charge in [-0.1, -0.05) is 0 Å². The molecule has 2 aliphatic heterocycles. The van der Waals surface area contributed by atoms with Gasteiger partial charge in [-0.15, -0.1) is 0 Å². The lowest BCUT2D eigenvalue weighted by atomic mass is 10.2. The largest absolute Gasteiger partial charge is 0.378 e. The molecule has 0 radical (unpaired) electrons. The van der Waals surface area contributed by atoms with Crippen LogP contribution in [0.4, 0.5) is 23.3 Å². The van der Waals surface area contributed by atoms with Gasteiger partial charge in [0.1, 0.15) is 0 Å². The molecule has 1 atom stereocenters. The summed E-state index contributed by atoms with van der Waals surface area (Å²) in [5.74, 6) is 0.530. The van der Waals surface area contributed by atoms with Crippen molar-refractivity contribution in [3.63, 3.8) is 0 Å². The standard InChI is InChI=1S/C13H20N6O3/c14-11-10(19(20)21)12(15-8-9-4-3-7-22-9)17-13(16-11)18-5-1-2-6-18/h9H,1-8H2,(H3,14,15,16,17)/t9-/m1/s1. The predicted octanol–water partition coefficient (Wildman–Crippen LogP) is 1.16. The monoisotopic (exact) mass is 308 g/mol. The minimum absolute atomic E-state index is 0.0611. The van der Waals surface area contributed by atoms with Crippen molar-refractivity contribution in [2.45, 2.75) is 31.8 Å². The molecular weight excluding hydrogens is 288 g/mol. The van der Waals surface area contributed by atoms with Crippen LogP contribution in [0.25, 0.3) is 0 Å². The summed E-state index contributed by atoms with van der Waals surface area (Å²) in [6.45, 7) is 2.92. The summed E-state index contributed by atoms with van der Waals surface area (Å²) in [6, 6.07) is 0. The van der Waals surface area contributed by atoms with Crippen LogP contribution in [-0.4, -0.2) is 47.2 Å². The predicted molar refractivity (Wildman–Crippen MR) is 82.0 cm³/mol. The molecule has 0 amide bonds. The molecule has 22 heavy (non-hydrogen) atoms. The maximum absolute atomic E-state index is 11.2. The van der Waals surface area contributed by atoms with Gasteiger partial charge < -0.3 is 20.7 Å². The Balaban J connectivity index is 1.84. The fourth-order valence-corrected chi connectivity index (χ4v) is 2.84. The van der Waals surface area contributed by atoms with E-state index in [1.54, 1.807) is 0 Å². The second kappa shape index (κ2) is 6.30. The normalized spacial score (nSPS) is 21.3. The Labute approximate surface area is 128 Å². The second-order valence-electron chi connectivity index (χ2n) is 5.57. The van der Waals surface area contributed by atoms with Gasteiger partial charge in [0.2, 0.25) is 17.6 Å². The highest BCUT2D eigenvalue weighted by Gasteiger charge is 2.27. The molecule has 3 N–H and O–H groups in total. The zero-order valence-corrected chi connectivity index (χ0v) is 12.3. The minimum Gasteiger partial charge on any atom is -0.378 e. The molecule has 3 heterocycles. The van der Waals surface area contributed by atoms with Crippen molar-refractivity contribution in [1.29, 1.82) is 0 Å². The first kappa shape index (κ1) is 14.8. The van der Waals surface area contributed by atoms with Crippen molar-refractivity contribution in [2.24, 2.45) is 0 Å². The molecule has 0 aliphatic carbocycles. The molecule has 9 nitrogen and oxygen atoms in total. The van der Waals surface area contributed by atoms with Gasteiger partial charge >= 0.3 is 5.69 Å². The molecular formula is C13H20N6O3. The van der Waals surface area contributed by atoms with E-state index in [4.69, 9.17) is 10.5 Å². The van der Waals surface area contributed by atoms with Crippen molar-refractivity contribution in [3.8, 4) is 0 Å². The maximum atomic E-state index is 11.2. The number of hydrogen-bond donors (Lipinski definition) is 2. The average molecular weight is 308 g/mol. The molecule has 0 saturated carbocycles. The number of anilines is 3. The third-order valence-electron chi connectivity index (χ3n) is 3.99. The zero-order chi connectivity index (χ0) is 15.5. The minimum atomic E-state index is -0.541. The Kier molecular flexibility index (Phi) is 4.23. The number of nitrogens with zero attached hydrogens (tertiary/aromatic N) is 4. The number of nitrogens with one attached hydrogen (secondary N) is 1. The highest BCUT2D eigenvalue weighted by Crippen LogP contribution is 2.31. The van der Waals surface area contributed by atoms with E-state index in [9.17, 15) is 10.1 Å². The van der Waals surface area contributed by atoms with Crippen LogP contribution in [0.2, 0.25) is 0 Å². The smallest absolute Gasteiger partial charge is 0.353 e. The first-order chi connectivity index (χ1) is 10.6. The zero-order valence-electron chi connectivity index (χ0n) is 12.3. The number of nitrogens with two attached hydrogens (primary N) is 1. The second-order valence-corrected chi connectivity index (χ2v) is 5.57. The molecule has 120 valence electrons. The molecule has 2 fully saturated rings. The van der Waals surface area contributed by atoms with Gasteiger partial charge in [0.15, 0.2) is 0 Å². The van der Waals surface area contributed by atoms with Crippen LogP contribution in [0.1, 0.15) is 25.7 Å².